The van der Waals surface area contributed by atoms with Crippen molar-refractivity contribution >= 4 is 5.97 Å². The van der Waals surface area contributed by atoms with Crippen LogP contribution in [0.3, 0.4) is 0 Å². The molecule has 0 aromatic carbocycles. The maximum Gasteiger partial charge on any atom is 0.320 e. The second kappa shape index (κ2) is 7.02. The van der Waals surface area contributed by atoms with Crippen molar-refractivity contribution in [3.63, 3.8) is 0 Å². The fourth-order valence-corrected chi connectivity index (χ4v) is 0.874. The molecule has 0 bridgehead atoms. The van der Waals surface area contributed by atoms with Crippen LogP contribution in [0, 0.1) is 0 Å². The normalized spacial score (nSPS) is 12.8. The van der Waals surface area contributed by atoms with E-state index in [1.165, 1.54) is 0 Å². The Morgan fingerprint density at radius 3 is 2.67 bits per heavy atom. The summed E-state index contributed by atoms with van der Waals surface area (Å²) in [4.78, 5) is 10.5. The number of aliphatic hydroxyl groups excluding tert-OH is 1. The van der Waals surface area contributed by atoms with E-state index in [0.29, 0.717) is 25.9 Å². The third kappa shape index (κ3) is 5.06. The van der Waals surface area contributed by atoms with Gasteiger partial charge in [0.1, 0.15) is 6.04 Å². The number of carboxylic acid groups (broad SMARTS) is 1. The SMILES string of the molecule is NCCC[C@H](NCCO)C(=O)O. The molecule has 0 aromatic heterocycles. The predicted molar refractivity (Wildman–Crippen MR) is 44.8 cm³/mol. The quantitative estimate of drug-likeness (QED) is 0.389. The lowest BCUT2D eigenvalue weighted by Gasteiger charge is -2.12. The first-order valence-electron chi connectivity index (χ1n) is 3.99. The van der Waals surface area contributed by atoms with Crippen LogP contribution in [0.4, 0.5) is 0 Å². The number of carboxylic acids is 1. The van der Waals surface area contributed by atoms with E-state index < -0.39 is 12.0 Å². The first kappa shape index (κ1) is 11.4. The Kier molecular flexibility index (Phi) is 6.64. The monoisotopic (exact) mass is 176 g/mol. The summed E-state index contributed by atoms with van der Waals surface area (Å²) in [5, 5.41) is 19.8. The van der Waals surface area contributed by atoms with Crippen molar-refractivity contribution in [1.82, 2.24) is 5.32 Å². The van der Waals surface area contributed by atoms with E-state index in [9.17, 15) is 4.79 Å². The molecule has 72 valence electrons. The highest BCUT2D eigenvalue weighted by molar-refractivity contribution is 5.73. The molecule has 0 unspecified atom stereocenters. The summed E-state index contributed by atoms with van der Waals surface area (Å²) >= 11 is 0. The zero-order valence-corrected chi connectivity index (χ0v) is 6.99. The van der Waals surface area contributed by atoms with E-state index >= 15 is 0 Å². The zero-order chi connectivity index (χ0) is 9.40. The molecular weight excluding hydrogens is 160 g/mol. The first-order valence-corrected chi connectivity index (χ1v) is 3.99. The molecule has 0 rings (SSSR count). The van der Waals surface area contributed by atoms with E-state index in [2.05, 4.69) is 5.32 Å². The summed E-state index contributed by atoms with van der Waals surface area (Å²) in [7, 11) is 0. The van der Waals surface area contributed by atoms with Gasteiger partial charge in [-0.1, -0.05) is 0 Å². The Morgan fingerprint density at radius 2 is 2.25 bits per heavy atom. The van der Waals surface area contributed by atoms with E-state index in [1.54, 1.807) is 0 Å². The molecule has 0 amide bonds. The molecule has 5 heteroatoms. The topological polar surface area (TPSA) is 95.6 Å². The lowest BCUT2D eigenvalue weighted by molar-refractivity contribution is -0.139. The maximum absolute atomic E-state index is 10.5. The molecule has 12 heavy (non-hydrogen) atoms. The predicted octanol–water partition coefficient (Wildman–Crippen LogP) is -1.24. The van der Waals surface area contributed by atoms with E-state index in [-0.39, 0.29) is 6.61 Å². The fourth-order valence-electron chi connectivity index (χ4n) is 0.874. The Bertz CT molecular complexity index is 122. The van der Waals surface area contributed by atoms with Gasteiger partial charge >= 0.3 is 5.97 Å². The van der Waals surface area contributed by atoms with Crippen molar-refractivity contribution in [2.45, 2.75) is 18.9 Å². The van der Waals surface area contributed by atoms with Crippen molar-refractivity contribution in [3.05, 3.63) is 0 Å². The molecule has 0 aromatic rings. The Hall–Kier alpha value is -0.650. The maximum atomic E-state index is 10.5. The lowest BCUT2D eigenvalue weighted by atomic mass is 10.1. The Balaban J connectivity index is 3.62. The highest BCUT2D eigenvalue weighted by atomic mass is 16.4. The van der Waals surface area contributed by atoms with Gasteiger partial charge in [0.2, 0.25) is 0 Å². The lowest BCUT2D eigenvalue weighted by Crippen LogP contribution is -2.38. The summed E-state index contributed by atoms with van der Waals surface area (Å²) in [5.74, 6) is -0.892. The van der Waals surface area contributed by atoms with E-state index in [4.69, 9.17) is 15.9 Å². The number of carbonyl (C=O) groups is 1. The first-order chi connectivity index (χ1) is 5.72. The second-order valence-electron chi connectivity index (χ2n) is 2.50. The van der Waals surface area contributed by atoms with Gasteiger partial charge in [-0.05, 0) is 19.4 Å². The van der Waals surface area contributed by atoms with Crippen molar-refractivity contribution in [2.75, 3.05) is 19.7 Å². The van der Waals surface area contributed by atoms with Gasteiger partial charge in [0, 0.05) is 6.54 Å². The van der Waals surface area contributed by atoms with Crippen LogP contribution in [0.2, 0.25) is 0 Å². The average molecular weight is 176 g/mol. The number of hydrogen-bond acceptors (Lipinski definition) is 4. The number of nitrogens with one attached hydrogen (secondary N) is 1. The van der Waals surface area contributed by atoms with Crippen LogP contribution < -0.4 is 11.1 Å². The van der Waals surface area contributed by atoms with Crippen LogP contribution in [0.1, 0.15) is 12.8 Å². The molecular formula is C7H16N2O3. The van der Waals surface area contributed by atoms with Crippen molar-refractivity contribution in [1.29, 1.82) is 0 Å². The largest absolute Gasteiger partial charge is 0.480 e. The second-order valence-corrected chi connectivity index (χ2v) is 2.50. The van der Waals surface area contributed by atoms with Crippen molar-refractivity contribution in [2.24, 2.45) is 5.73 Å². The molecule has 0 aliphatic carbocycles. The summed E-state index contributed by atoms with van der Waals surface area (Å²) in [6, 6.07) is -0.583. The van der Waals surface area contributed by atoms with Crippen LogP contribution in [0.15, 0.2) is 0 Å². The smallest absolute Gasteiger partial charge is 0.320 e. The van der Waals surface area contributed by atoms with Crippen LogP contribution in [-0.4, -0.2) is 41.9 Å². The molecule has 0 radical (unpaired) electrons. The molecule has 0 fully saturated rings. The zero-order valence-electron chi connectivity index (χ0n) is 6.99. The summed E-state index contributed by atoms with van der Waals surface area (Å²) in [6.45, 7) is 0.749. The Labute approximate surface area is 71.6 Å². The van der Waals surface area contributed by atoms with Gasteiger partial charge in [0.25, 0.3) is 0 Å². The fraction of sp³-hybridized carbons (Fsp3) is 0.857. The third-order valence-corrected chi connectivity index (χ3v) is 1.50. The van der Waals surface area contributed by atoms with Gasteiger partial charge in [-0.2, -0.15) is 0 Å². The van der Waals surface area contributed by atoms with Crippen molar-refractivity contribution in [3.8, 4) is 0 Å². The highest BCUT2D eigenvalue weighted by Crippen LogP contribution is 1.95. The minimum absolute atomic E-state index is 0.0492. The highest BCUT2D eigenvalue weighted by Gasteiger charge is 2.14. The molecule has 0 heterocycles. The molecule has 0 saturated carbocycles. The van der Waals surface area contributed by atoms with Crippen LogP contribution >= 0.6 is 0 Å². The summed E-state index contributed by atoms with van der Waals surface area (Å²) in [6.07, 6.45) is 1.18. The van der Waals surface area contributed by atoms with Crippen LogP contribution in [0.5, 0.6) is 0 Å². The molecule has 0 saturated heterocycles. The number of rotatable bonds is 7. The van der Waals surface area contributed by atoms with Gasteiger partial charge in [0.05, 0.1) is 6.61 Å². The third-order valence-electron chi connectivity index (χ3n) is 1.50. The number of aliphatic carboxylic acids is 1. The molecule has 1 atom stereocenters. The van der Waals surface area contributed by atoms with Crippen molar-refractivity contribution < 1.29 is 15.0 Å². The van der Waals surface area contributed by atoms with Crippen LogP contribution in [-0.2, 0) is 4.79 Å². The van der Waals surface area contributed by atoms with Crippen LogP contribution in [0.25, 0.3) is 0 Å². The number of hydrogen-bond donors (Lipinski definition) is 4. The minimum atomic E-state index is -0.892. The summed E-state index contributed by atoms with van der Waals surface area (Å²) < 4.78 is 0. The average Bonchev–Trinajstić information content (AvgIpc) is 2.04. The minimum Gasteiger partial charge on any atom is -0.480 e. The Morgan fingerprint density at radius 1 is 1.58 bits per heavy atom. The van der Waals surface area contributed by atoms with Gasteiger partial charge in [0.15, 0.2) is 0 Å². The van der Waals surface area contributed by atoms with E-state index in [1.807, 2.05) is 0 Å². The number of nitrogens with two attached hydrogens (primary N) is 1. The van der Waals surface area contributed by atoms with Gasteiger partial charge in [-0.3, -0.25) is 4.79 Å². The standard InChI is InChI=1S/C7H16N2O3/c8-3-1-2-6(7(11)12)9-4-5-10/h6,9-10H,1-5,8H2,(H,11,12)/t6-/m0/s1. The molecule has 5 N–H and O–H groups in total. The number of aliphatic hydroxyl groups is 1. The molecule has 0 aliphatic rings. The molecule has 0 aliphatic heterocycles. The van der Waals surface area contributed by atoms with Gasteiger partial charge in [-0.15, -0.1) is 0 Å². The molecule has 0 spiro atoms. The molecule has 5 nitrogen and oxygen atoms in total. The van der Waals surface area contributed by atoms with E-state index in [0.717, 1.165) is 0 Å². The summed E-state index contributed by atoms with van der Waals surface area (Å²) in [5.41, 5.74) is 5.24. The van der Waals surface area contributed by atoms with Gasteiger partial charge in [-0.25, -0.2) is 0 Å². The van der Waals surface area contributed by atoms with Gasteiger partial charge < -0.3 is 21.3 Å².